The average Bonchev–Trinajstić information content (AvgIpc) is 2.89. The van der Waals surface area contributed by atoms with Gasteiger partial charge in [-0.2, -0.15) is 0 Å². The summed E-state index contributed by atoms with van der Waals surface area (Å²) in [6, 6.07) is 9.81. The SMILES string of the molecule is C[C@]1(C(=O)c2ccccc2)C[C@@H]2CC[C@H]1C2. The summed E-state index contributed by atoms with van der Waals surface area (Å²) in [5, 5.41) is 0. The Labute approximate surface area is 96.9 Å². The van der Waals surface area contributed by atoms with Crippen molar-refractivity contribution in [3.63, 3.8) is 0 Å². The van der Waals surface area contributed by atoms with Crippen molar-refractivity contribution >= 4 is 5.78 Å². The average molecular weight is 214 g/mol. The van der Waals surface area contributed by atoms with Gasteiger partial charge in [0, 0.05) is 11.0 Å². The van der Waals surface area contributed by atoms with Gasteiger partial charge in [-0.15, -0.1) is 0 Å². The van der Waals surface area contributed by atoms with E-state index in [1.165, 1.54) is 19.3 Å². The summed E-state index contributed by atoms with van der Waals surface area (Å²) in [6.07, 6.45) is 5.02. The standard InChI is InChI=1S/C15H18O/c1-15(10-11-7-8-13(15)9-11)14(16)12-5-3-2-4-6-12/h2-6,11,13H,7-10H2,1H3/t11-,13+,15+/m1/s1. The lowest BCUT2D eigenvalue weighted by Crippen LogP contribution is -2.33. The highest BCUT2D eigenvalue weighted by Gasteiger charge is 2.52. The van der Waals surface area contributed by atoms with E-state index >= 15 is 0 Å². The first-order valence-electron chi connectivity index (χ1n) is 6.30. The van der Waals surface area contributed by atoms with Gasteiger partial charge in [0.2, 0.25) is 0 Å². The summed E-state index contributed by atoms with van der Waals surface area (Å²) in [5.74, 6) is 1.84. The Bertz CT molecular complexity index is 409. The van der Waals surface area contributed by atoms with Crippen LogP contribution in [-0.2, 0) is 0 Å². The lowest BCUT2D eigenvalue weighted by atomic mass is 9.70. The predicted molar refractivity (Wildman–Crippen MR) is 64.3 cm³/mol. The van der Waals surface area contributed by atoms with Crippen molar-refractivity contribution in [3.8, 4) is 0 Å². The predicted octanol–water partition coefficient (Wildman–Crippen LogP) is 3.70. The van der Waals surface area contributed by atoms with Crippen LogP contribution < -0.4 is 0 Å². The molecule has 3 rings (SSSR count). The van der Waals surface area contributed by atoms with Crippen LogP contribution in [0, 0.1) is 17.3 Å². The molecule has 0 spiro atoms. The number of hydrogen-bond donors (Lipinski definition) is 0. The second kappa shape index (κ2) is 3.44. The second-order valence-corrected chi connectivity index (χ2v) is 5.69. The van der Waals surface area contributed by atoms with E-state index in [2.05, 4.69) is 6.92 Å². The molecule has 0 N–H and O–H groups in total. The van der Waals surface area contributed by atoms with Crippen LogP contribution in [0.2, 0.25) is 0 Å². The van der Waals surface area contributed by atoms with Crippen molar-refractivity contribution < 1.29 is 4.79 Å². The van der Waals surface area contributed by atoms with Gasteiger partial charge in [0.25, 0.3) is 0 Å². The van der Waals surface area contributed by atoms with E-state index in [1.54, 1.807) is 0 Å². The number of benzene rings is 1. The van der Waals surface area contributed by atoms with Crippen molar-refractivity contribution in [1.82, 2.24) is 0 Å². The molecule has 0 radical (unpaired) electrons. The Kier molecular flexibility index (Phi) is 2.17. The number of ketones is 1. The van der Waals surface area contributed by atoms with Crippen molar-refractivity contribution in [2.75, 3.05) is 0 Å². The minimum absolute atomic E-state index is 0.0652. The van der Waals surface area contributed by atoms with Gasteiger partial charge in [0.1, 0.15) is 0 Å². The minimum Gasteiger partial charge on any atom is -0.294 e. The van der Waals surface area contributed by atoms with Crippen LogP contribution in [0.4, 0.5) is 0 Å². The Hall–Kier alpha value is -1.11. The highest BCUT2D eigenvalue weighted by Crippen LogP contribution is 2.56. The summed E-state index contributed by atoms with van der Waals surface area (Å²) < 4.78 is 0. The lowest BCUT2D eigenvalue weighted by Gasteiger charge is -2.32. The maximum atomic E-state index is 12.6. The fourth-order valence-electron chi connectivity index (χ4n) is 3.80. The lowest BCUT2D eigenvalue weighted by molar-refractivity contribution is 0.0713. The van der Waals surface area contributed by atoms with Crippen LogP contribution in [-0.4, -0.2) is 5.78 Å². The van der Waals surface area contributed by atoms with Crippen molar-refractivity contribution in [1.29, 1.82) is 0 Å². The van der Waals surface area contributed by atoms with Gasteiger partial charge in [0.15, 0.2) is 5.78 Å². The molecule has 84 valence electrons. The number of Topliss-reactive ketones (excluding diaryl/α,β-unsaturated/α-hetero) is 1. The molecule has 0 heterocycles. The van der Waals surface area contributed by atoms with E-state index in [0.29, 0.717) is 11.7 Å². The molecule has 1 nitrogen and oxygen atoms in total. The molecule has 2 aliphatic carbocycles. The summed E-state index contributed by atoms with van der Waals surface area (Å²) in [4.78, 5) is 12.6. The molecule has 1 aromatic rings. The molecular formula is C15H18O. The van der Waals surface area contributed by atoms with Gasteiger partial charge < -0.3 is 0 Å². The van der Waals surface area contributed by atoms with Crippen LogP contribution >= 0.6 is 0 Å². The number of hydrogen-bond acceptors (Lipinski definition) is 1. The molecule has 0 aromatic heterocycles. The fraction of sp³-hybridized carbons (Fsp3) is 0.533. The van der Waals surface area contributed by atoms with Gasteiger partial charge in [-0.3, -0.25) is 4.79 Å². The fourth-order valence-corrected chi connectivity index (χ4v) is 3.80. The van der Waals surface area contributed by atoms with Crippen LogP contribution in [0.15, 0.2) is 30.3 Å². The highest BCUT2D eigenvalue weighted by molar-refractivity contribution is 6.00. The van der Waals surface area contributed by atoms with Gasteiger partial charge in [0.05, 0.1) is 0 Å². The topological polar surface area (TPSA) is 17.1 Å². The summed E-state index contributed by atoms with van der Waals surface area (Å²) >= 11 is 0. The van der Waals surface area contributed by atoms with Gasteiger partial charge in [-0.1, -0.05) is 43.7 Å². The summed E-state index contributed by atoms with van der Waals surface area (Å²) in [5.41, 5.74) is 0.835. The van der Waals surface area contributed by atoms with E-state index in [-0.39, 0.29) is 5.41 Å². The third kappa shape index (κ3) is 1.34. The number of carbonyl (C=O) groups excluding carboxylic acids is 1. The Morgan fingerprint density at radius 2 is 2.00 bits per heavy atom. The number of carbonyl (C=O) groups is 1. The van der Waals surface area contributed by atoms with E-state index < -0.39 is 0 Å². The second-order valence-electron chi connectivity index (χ2n) is 5.69. The quantitative estimate of drug-likeness (QED) is 0.686. The van der Waals surface area contributed by atoms with Crippen LogP contribution in [0.5, 0.6) is 0 Å². The molecule has 0 unspecified atom stereocenters. The molecule has 2 bridgehead atoms. The molecule has 1 aromatic carbocycles. The van der Waals surface area contributed by atoms with Crippen molar-refractivity contribution in [2.24, 2.45) is 17.3 Å². The van der Waals surface area contributed by atoms with E-state index in [9.17, 15) is 4.79 Å². The molecular weight excluding hydrogens is 196 g/mol. The van der Waals surface area contributed by atoms with Crippen molar-refractivity contribution in [2.45, 2.75) is 32.6 Å². The van der Waals surface area contributed by atoms with E-state index in [0.717, 1.165) is 17.9 Å². The molecule has 2 aliphatic rings. The van der Waals surface area contributed by atoms with E-state index in [4.69, 9.17) is 0 Å². The molecule has 0 aliphatic heterocycles. The van der Waals surface area contributed by atoms with Crippen LogP contribution in [0.1, 0.15) is 43.0 Å². The van der Waals surface area contributed by atoms with Gasteiger partial charge in [-0.05, 0) is 31.1 Å². The molecule has 1 heteroatoms. The molecule has 3 atom stereocenters. The molecule has 2 saturated carbocycles. The number of rotatable bonds is 2. The first kappa shape index (κ1) is 10.1. The number of fused-ring (bicyclic) bond motifs is 2. The highest BCUT2D eigenvalue weighted by atomic mass is 16.1. The Balaban J connectivity index is 1.91. The zero-order valence-corrected chi connectivity index (χ0v) is 9.78. The minimum atomic E-state index is -0.0652. The summed E-state index contributed by atoms with van der Waals surface area (Å²) in [6.45, 7) is 2.19. The smallest absolute Gasteiger partial charge is 0.169 e. The van der Waals surface area contributed by atoms with Crippen molar-refractivity contribution in [3.05, 3.63) is 35.9 Å². The first-order valence-corrected chi connectivity index (χ1v) is 6.30. The monoisotopic (exact) mass is 214 g/mol. The third-order valence-electron chi connectivity index (χ3n) is 4.71. The zero-order chi connectivity index (χ0) is 11.2. The van der Waals surface area contributed by atoms with Gasteiger partial charge in [-0.25, -0.2) is 0 Å². The van der Waals surface area contributed by atoms with Crippen LogP contribution in [0.25, 0.3) is 0 Å². The summed E-state index contributed by atoms with van der Waals surface area (Å²) in [7, 11) is 0. The Morgan fingerprint density at radius 1 is 1.25 bits per heavy atom. The largest absolute Gasteiger partial charge is 0.294 e. The van der Waals surface area contributed by atoms with Crippen LogP contribution in [0.3, 0.4) is 0 Å². The van der Waals surface area contributed by atoms with Gasteiger partial charge >= 0.3 is 0 Å². The molecule has 2 fully saturated rings. The first-order chi connectivity index (χ1) is 7.70. The molecule has 0 saturated heterocycles. The Morgan fingerprint density at radius 3 is 2.56 bits per heavy atom. The molecule has 0 amide bonds. The zero-order valence-electron chi connectivity index (χ0n) is 9.78. The maximum absolute atomic E-state index is 12.6. The van der Waals surface area contributed by atoms with E-state index in [1.807, 2.05) is 30.3 Å². The third-order valence-corrected chi connectivity index (χ3v) is 4.71. The normalized spacial score (nSPS) is 36.6. The maximum Gasteiger partial charge on any atom is 0.169 e. The molecule has 16 heavy (non-hydrogen) atoms.